The normalized spacial score (nSPS) is 34.4. The van der Waals surface area contributed by atoms with Crippen molar-refractivity contribution in [3.63, 3.8) is 0 Å². The lowest BCUT2D eigenvalue weighted by Crippen LogP contribution is -2.34. The van der Waals surface area contributed by atoms with Gasteiger partial charge in [-0.2, -0.15) is 0 Å². The third-order valence-corrected chi connectivity index (χ3v) is 4.07. The van der Waals surface area contributed by atoms with Crippen molar-refractivity contribution in [3.8, 4) is 0 Å². The molecule has 1 aliphatic heterocycles. The van der Waals surface area contributed by atoms with Crippen molar-refractivity contribution in [1.82, 2.24) is 0 Å². The Kier molecular flexibility index (Phi) is 4.40. The Labute approximate surface area is 114 Å². The van der Waals surface area contributed by atoms with Crippen molar-refractivity contribution in [2.45, 2.75) is 44.9 Å². The van der Waals surface area contributed by atoms with E-state index in [9.17, 15) is 5.11 Å². The van der Waals surface area contributed by atoms with Gasteiger partial charge in [0.05, 0.1) is 12.2 Å². The fourth-order valence-corrected chi connectivity index (χ4v) is 2.70. The molecule has 0 bridgehead atoms. The second kappa shape index (κ2) is 5.87. The molecule has 1 aliphatic rings. The van der Waals surface area contributed by atoms with Crippen LogP contribution >= 0.6 is 0 Å². The summed E-state index contributed by atoms with van der Waals surface area (Å²) in [7, 11) is 0. The lowest BCUT2D eigenvalue weighted by Gasteiger charge is -2.28. The zero-order valence-corrected chi connectivity index (χ0v) is 11.6. The number of hydrogen-bond acceptors (Lipinski definition) is 3. The van der Waals surface area contributed by atoms with Gasteiger partial charge < -0.3 is 14.6 Å². The summed E-state index contributed by atoms with van der Waals surface area (Å²) in [5.41, 5.74) is 0.607. The van der Waals surface area contributed by atoms with Crippen LogP contribution in [0.15, 0.2) is 43.0 Å². The molecule has 1 heterocycles. The van der Waals surface area contributed by atoms with Crippen LogP contribution in [0.4, 0.5) is 0 Å². The van der Waals surface area contributed by atoms with Gasteiger partial charge in [0.25, 0.3) is 0 Å². The standard InChI is InChI=1S/C16H22O3/c1-4-16(5-2)12(3)14(15(17)19-16)18-11-13-9-7-6-8-10-13/h4,6-10,12,14-15,17H,1,5,11H2,2-3H3/t12-,14+,15?,16+/m0/s1. The zero-order valence-electron chi connectivity index (χ0n) is 11.6. The lowest BCUT2D eigenvalue weighted by atomic mass is 9.85. The van der Waals surface area contributed by atoms with Crippen LogP contribution in [-0.2, 0) is 16.1 Å². The Bertz CT molecular complexity index is 417. The van der Waals surface area contributed by atoms with E-state index < -0.39 is 11.9 Å². The van der Waals surface area contributed by atoms with Crippen LogP contribution in [0.25, 0.3) is 0 Å². The summed E-state index contributed by atoms with van der Waals surface area (Å²) in [4.78, 5) is 0. The highest BCUT2D eigenvalue weighted by atomic mass is 16.7. The Morgan fingerprint density at radius 3 is 2.63 bits per heavy atom. The van der Waals surface area contributed by atoms with Crippen LogP contribution < -0.4 is 0 Å². The first-order chi connectivity index (χ1) is 9.13. The maximum atomic E-state index is 10.0. The molecule has 1 saturated heterocycles. The van der Waals surface area contributed by atoms with Gasteiger partial charge in [-0.1, -0.05) is 50.3 Å². The molecule has 0 radical (unpaired) electrons. The first kappa shape index (κ1) is 14.3. The molecule has 104 valence electrons. The summed E-state index contributed by atoms with van der Waals surface area (Å²) in [5.74, 6) is 0.0775. The maximum absolute atomic E-state index is 10.0. The molecule has 0 saturated carbocycles. The fourth-order valence-electron chi connectivity index (χ4n) is 2.70. The summed E-state index contributed by atoms with van der Waals surface area (Å²) < 4.78 is 11.5. The summed E-state index contributed by atoms with van der Waals surface area (Å²) in [5, 5.41) is 10.0. The van der Waals surface area contributed by atoms with Crippen LogP contribution in [0.3, 0.4) is 0 Å². The Hall–Kier alpha value is -1.16. The molecule has 1 aromatic carbocycles. The molecule has 1 fully saturated rings. The van der Waals surface area contributed by atoms with Crippen LogP contribution in [0, 0.1) is 5.92 Å². The van der Waals surface area contributed by atoms with Crippen molar-refractivity contribution in [2.75, 3.05) is 0 Å². The van der Waals surface area contributed by atoms with Gasteiger partial charge in [0.15, 0.2) is 6.29 Å². The summed E-state index contributed by atoms with van der Waals surface area (Å²) in [6, 6.07) is 9.94. The molecule has 3 nitrogen and oxygen atoms in total. The van der Waals surface area contributed by atoms with Crippen molar-refractivity contribution < 1.29 is 14.6 Å². The highest BCUT2D eigenvalue weighted by Gasteiger charge is 2.50. The largest absolute Gasteiger partial charge is 0.368 e. The van der Waals surface area contributed by atoms with Crippen LogP contribution in [-0.4, -0.2) is 23.1 Å². The maximum Gasteiger partial charge on any atom is 0.182 e. The number of aliphatic hydroxyl groups excluding tert-OH is 1. The van der Waals surface area contributed by atoms with E-state index in [0.717, 1.165) is 12.0 Å². The quantitative estimate of drug-likeness (QED) is 0.829. The molecular weight excluding hydrogens is 240 g/mol. The van der Waals surface area contributed by atoms with Gasteiger partial charge in [-0.3, -0.25) is 0 Å². The number of hydrogen-bond donors (Lipinski definition) is 1. The average Bonchev–Trinajstić information content (AvgIpc) is 2.69. The molecule has 0 amide bonds. The molecule has 0 spiro atoms. The average molecular weight is 262 g/mol. The summed E-state index contributed by atoms with van der Waals surface area (Å²) >= 11 is 0. The third-order valence-electron chi connectivity index (χ3n) is 4.07. The number of aliphatic hydroxyl groups is 1. The minimum absolute atomic E-state index is 0.0775. The van der Waals surface area contributed by atoms with Gasteiger partial charge in [0.1, 0.15) is 6.10 Å². The van der Waals surface area contributed by atoms with Gasteiger partial charge >= 0.3 is 0 Å². The second-order valence-electron chi connectivity index (χ2n) is 5.07. The summed E-state index contributed by atoms with van der Waals surface area (Å²) in [6.45, 7) is 8.38. The highest BCUT2D eigenvalue weighted by molar-refractivity contribution is 5.14. The fraction of sp³-hybridized carbons (Fsp3) is 0.500. The molecule has 1 N–H and O–H groups in total. The van der Waals surface area contributed by atoms with E-state index in [1.165, 1.54) is 0 Å². The molecule has 0 aliphatic carbocycles. The SMILES string of the molecule is C=C[C@]1(CC)OC(O)[C@H](OCc2ccccc2)[C@@H]1C. The number of benzene rings is 1. The second-order valence-corrected chi connectivity index (χ2v) is 5.07. The van der Waals surface area contributed by atoms with E-state index in [2.05, 4.69) is 6.58 Å². The van der Waals surface area contributed by atoms with Crippen molar-refractivity contribution in [2.24, 2.45) is 5.92 Å². The number of rotatable bonds is 5. The monoisotopic (exact) mass is 262 g/mol. The molecule has 1 unspecified atom stereocenters. The van der Waals surface area contributed by atoms with Gasteiger partial charge in [0.2, 0.25) is 0 Å². The topological polar surface area (TPSA) is 38.7 Å². The molecule has 19 heavy (non-hydrogen) atoms. The van der Waals surface area contributed by atoms with Crippen LogP contribution in [0.2, 0.25) is 0 Å². The van der Waals surface area contributed by atoms with Gasteiger partial charge in [-0.05, 0) is 12.0 Å². The minimum atomic E-state index is -0.892. The Morgan fingerprint density at radius 2 is 2.11 bits per heavy atom. The van der Waals surface area contributed by atoms with Crippen LogP contribution in [0.5, 0.6) is 0 Å². The predicted octanol–water partition coefficient (Wildman–Crippen LogP) is 2.89. The first-order valence-electron chi connectivity index (χ1n) is 6.78. The molecular formula is C16H22O3. The van der Waals surface area contributed by atoms with Gasteiger partial charge in [-0.15, -0.1) is 6.58 Å². The van der Waals surface area contributed by atoms with E-state index in [1.807, 2.05) is 44.2 Å². The van der Waals surface area contributed by atoms with Crippen LogP contribution in [0.1, 0.15) is 25.8 Å². The smallest absolute Gasteiger partial charge is 0.182 e. The van der Waals surface area contributed by atoms with E-state index >= 15 is 0 Å². The van der Waals surface area contributed by atoms with E-state index in [-0.39, 0.29) is 12.0 Å². The Morgan fingerprint density at radius 1 is 1.42 bits per heavy atom. The summed E-state index contributed by atoms with van der Waals surface area (Å²) in [6.07, 6.45) is 1.35. The van der Waals surface area contributed by atoms with Crippen molar-refractivity contribution in [1.29, 1.82) is 0 Å². The zero-order chi connectivity index (χ0) is 13.9. The molecule has 3 heteroatoms. The lowest BCUT2D eigenvalue weighted by molar-refractivity contribution is -0.159. The molecule has 0 aromatic heterocycles. The van der Waals surface area contributed by atoms with E-state index in [1.54, 1.807) is 6.08 Å². The highest BCUT2D eigenvalue weighted by Crippen LogP contribution is 2.40. The van der Waals surface area contributed by atoms with Crippen molar-refractivity contribution >= 4 is 0 Å². The molecule has 4 atom stereocenters. The van der Waals surface area contributed by atoms with Gasteiger partial charge in [0, 0.05) is 5.92 Å². The third kappa shape index (κ3) is 2.73. The first-order valence-corrected chi connectivity index (χ1v) is 6.78. The Balaban J connectivity index is 2.03. The number of ether oxygens (including phenoxy) is 2. The molecule has 2 rings (SSSR count). The predicted molar refractivity (Wildman–Crippen MR) is 74.5 cm³/mol. The van der Waals surface area contributed by atoms with Gasteiger partial charge in [-0.25, -0.2) is 0 Å². The van der Waals surface area contributed by atoms with Crippen molar-refractivity contribution in [3.05, 3.63) is 48.6 Å². The molecule has 1 aromatic rings. The van der Waals surface area contributed by atoms with E-state index in [0.29, 0.717) is 6.61 Å². The van der Waals surface area contributed by atoms with E-state index in [4.69, 9.17) is 9.47 Å². The minimum Gasteiger partial charge on any atom is -0.368 e.